The van der Waals surface area contributed by atoms with Gasteiger partial charge in [-0.05, 0) is 30.7 Å². The van der Waals surface area contributed by atoms with E-state index in [2.05, 4.69) is 20.2 Å². The van der Waals surface area contributed by atoms with Crippen LogP contribution >= 0.6 is 11.8 Å². The second-order valence-electron chi connectivity index (χ2n) is 6.47. The number of aryl methyl sites for hydroxylation is 1. The van der Waals surface area contributed by atoms with E-state index < -0.39 is 5.97 Å². The van der Waals surface area contributed by atoms with Crippen molar-refractivity contribution >= 4 is 34.3 Å². The number of hydrogen-bond donors (Lipinski definition) is 2. The summed E-state index contributed by atoms with van der Waals surface area (Å²) in [5.41, 5.74) is 3.45. The van der Waals surface area contributed by atoms with Crippen molar-refractivity contribution in [2.24, 2.45) is 0 Å². The van der Waals surface area contributed by atoms with Crippen molar-refractivity contribution < 1.29 is 14.6 Å². The molecule has 0 saturated heterocycles. The molecule has 0 fully saturated rings. The Morgan fingerprint density at radius 2 is 1.97 bits per heavy atom. The molecule has 0 saturated carbocycles. The van der Waals surface area contributed by atoms with E-state index in [1.165, 1.54) is 18.9 Å². The van der Waals surface area contributed by atoms with Crippen LogP contribution in [0, 0.1) is 6.92 Å². The molecule has 4 rings (SSSR count). The number of nitrogens with zero attached hydrogens (tertiary/aromatic N) is 4. The molecule has 9 heteroatoms. The molecule has 0 aliphatic rings. The van der Waals surface area contributed by atoms with Crippen molar-refractivity contribution in [2.45, 2.75) is 12.1 Å². The third-order valence-corrected chi connectivity index (χ3v) is 5.49. The Morgan fingerprint density at radius 3 is 2.73 bits per heavy atom. The van der Waals surface area contributed by atoms with E-state index in [1.54, 1.807) is 6.33 Å². The quantitative estimate of drug-likeness (QED) is 0.212. The summed E-state index contributed by atoms with van der Waals surface area (Å²) >= 11 is 1.26. The van der Waals surface area contributed by atoms with E-state index in [9.17, 15) is 9.90 Å². The van der Waals surface area contributed by atoms with E-state index in [4.69, 9.17) is 4.74 Å². The molecule has 0 bridgehead atoms. The van der Waals surface area contributed by atoms with Crippen LogP contribution in [0.25, 0.3) is 22.3 Å². The van der Waals surface area contributed by atoms with Gasteiger partial charge in [0.25, 0.3) is 0 Å². The zero-order valence-corrected chi connectivity index (χ0v) is 17.2. The number of esters is 1. The number of aliphatic hydroxyl groups excluding tert-OH is 1. The Hall–Kier alpha value is -3.59. The van der Waals surface area contributed by atoms with Crippen molar-refractivity contribution in [3.8, 4) is 5.69 Å². The summed E-state index contributed by atoms with van der Waals surface area (Å²) in [5.74, 6) is -0.495. The maximum atomic E-state index is 12.4. The number of H-pyrrole nitrogens is 1. The largest absolute Gasteiger partial charge is 0.510 e. The van der Waals surface area contributed by atoms with E-state index >= 15 is 0 Å². The molecule has 0 unspecified atom stereocenters. The Morgan fingerprint density at radius 1 is 1.20 bits per heavy atom. The maximum Gasteiger partial charge on any atom is 0.345 e. The fourth-order valence-corrected chi connectivity index (χ4v) is 3.85. The lowest BCUT2D eigenvalue weighted by atomic mass is 10.2. The van der Waals surface area contributed by atoms with E-state index in [0.717, 1.165) is 16.8 Å². The average molecular weight is 421 g/mol. The topological polar surface area (TPSA) is 106 Å². The number of imidazole rings is 1. The molecule has 30 heavy (non-hydrogen) atoms. The first kappa shape index (κ1) is 19.7. The molecule has 0 radical (unpaired) electrons. The number of aromatic nitrogens is 5. The summed E-state index contributed by atoms with van der Waals surface area (Å²) in [4.78, 5) is 19.8. The Balaban J connectivity index is 1.65. The number of hydrogen-bond acceptors (Lipinski definition) is 7. The number of aliphatic hydroxyl groups is 1. The first-order valence-corrected chi connectivity index (χ1v) is 10.1. The van der Waals surface area contributed by atoms with Crippen molar-refractivity contribution in [3.63, 3.8) is 0 Å². The minimum atomic E-state index is -0.674. The van der Waals surface area contributed by atoms with Crippen LogP contribution in [0.15, 0.2) is 65.8 Å². The van der Waals surface area contributed by atoms with Gasteiger partial charge in [0.15, 0.2) is 5.16 Å². The van der Waals surface area contributed by atoms with Gasteiger partial charge in [0, 0.05) is 0 Å². The average Bonchev–Trinajstić information content (AvgIpc) is 3.39. The molecule has 152 valence electrons. The monoisotopic (exact) mass is 421 g/mol. The second-order valence-corrected chi connectivity index (χ2v) is 7.42. The van der Waals surface area contributed by atoms with Gasteiger partial charge in [-0.3, -0.25) is 4.57 Å². The molecule has 0 spiro atoms. The third-order valence-electron chi connectivity index (χ3n) is 4.53. The Bertz CT molecular complexity index is 1210. The van der Waals surface area contributed by atoms with Crippen LogP contribution < -0.4 is 0 Å². The van der Waals surface area contributed by atoms with Crippen molar-refractivity contribution in [1.82, 2.24) is 24.7 Å². The highest BCUT2D eigenvalue weighted by Crippen LogP contribution is 2.26. The normalized spacial score (nSPS) is 12.1. The summed E-state index contributed by atoms with van der Waals surface area (Å²) in [6.45, 7) is 2.00. The molecule has 8 nitrogen and oxygen atoms in total. The lowest BCUT2D eigenvalue weighted by molar-refractivity contribution is -0.133. The zero-order valence-electron chi connectivity index (χ0n) is 16.4. The number of carbonyl (C=O) groups excluding carboxylic acids is 1. The van der Waals surface area contributed by atoms with Gasteiger partial charge < -0.3 is 14.8 Å². The van der Waals surface area contributed by atoms with Gasteiger partial charge >= 0.3 is 5.97 Å². The van der Waals surface area contributed by atoms with E-state index in [1.807, 2.05) is 60.0 Å². The zero-order chi connectivity index (χ0) is 21.1. The number of rotatable bonds is 6. The van der Waals surface area contributed by atoms with Gasteiger partial charge in [0.2, 0.25) is 0 Å². The highest BCUT2D eigenvalue weighted by atomic mass is 32.2. The first-order valence-electron chi connectivity index (χ1n) is 9.13. The van der Waals surface area contributed by atoms with Gasteiger partial charge in [0.1, 0.15) is 23.5 Å². The van der Waals surface area contributed by atoms with Crippen LogP contribution in [-0.2, 0) is 9.53 Å². The fraction of sp³-hybridized carbons (Fsp3) is 0.143. The molecular formula is C21H19N5O3S. The number of aromatic amines is 1. The molecule has 0 aliphatic heterocycles. The minimum absolute atomic E-state index is 0.0110. The SMILES string of the molecule is COC(=O)C(=C(O)CSc1nncn1-c1ccccc1C)c1nc2ccccc2[nH]1. The number of ether oxygens (including phenoxy) is 1. The molecule has 2 N–H and O–H groups in total. The highest BCUT2D eigenvalue weighted by molar-refractivity contribution is 7.99. The van der Waals surface area contributed by atoms with Crippen molar-refractivity contribution in [1.29, 1.82) is 0 Å². The number of nitrogens with one attached hydrogen (secondary N) is 1. The van der Waals surface area contributed by atoms with Crippen LogP contribution in [0.4, 0.5) is 0 Å². The van der Waals surface area contributed by atoms with Crippen LogP contribution in [0.2, 0.25) is 0 Å². The van der Waals surface area contributed by atoms with Gasteiger partial charge in [-0.25, -0.2) is 9.78 Å². The van der Waals surface area contributed by atoms with E-state index in [-0.39, 0.29) is 22.9 Å². The number of benzene rings is 2. The molecule has 0 amide bonds. The molecule has 2 aromatic carbocycles. The fourth-order valence-electron chi connectivity index (χ4n) is 3.05. The Kier molecular flexibility index (Phi) is 5.53. The summed E-state index contributed by atoms with van der Waals surface area (Å²) in [6, 6.07) is 15.2. The van der Waals surface area contributed by atoms with Crippen LogP contribution in [-0.4, -0.2) is 48.7 Å². The molecular weight excluding hydrogens is 402 g/mol. The van der Waals surface area contributed by atoms with Gasteiger partial charge in [-0.2, -0.15) is 0 Å². The predicted octanol–water partition coefficient (Wildman–Crippen LogP) is 3.69. The van der Waals surface area contributed by atoms with Crippen LogP contribution in [0.1, 0.15) is 11.4 Å². The van der Waals surface area contributed by atoms with Crippen LogP contribution in [0.5, 0.6) is 0 Å². The van der Waals surface area contributed by atoms with Crippen molar-refractivity contribution in [3.05, 3.63) is 72.0 Å². The van der Waals surface area contributed by atoms with Gasteiger partial charge in [-0.1, -0.05) is 42.1 Å². The first-order chi connectivity index (χ1) is 14.6. The number of fused-ring (bicyclic) bond motifs is 1. The number of methoxy groups -OCH3 is 1. The van der Waals surface area contributed by atoms with Crippen LogP contribution in [0.3, 0.4) is 0 Å². The lowest BCUT2D eigenvalue weighted by Gasteiger charge is -2.10. The molecule has 0 atom stereocenters. The molecule has 4 aromatic rings. The smallest absolute Gasteiger partial charge is 0.345 e. The predicted molar refractivity (Wildman–Crippen MR) is 114 cm³/mol. The summed E-state index contributed by atoms with van der Waals surface area (Å²) in [6.07, 6.45) is 1.62. The summed E-state index contributed by atoms with van der Waals surface area (Å²) in [5, 5.41) is 19.5. The van der Waals surface area contributed by atoms with Gasteiger partial charge in [-0.15, -0.1) is 10.2 Å². The molecule has 2 aromatic heterocycles. The standard InChI is InChI=1S/C21H19N5O3S/c1-13-7-3-6-10-16(13)26-12-22-25-21(26)30-11-17(27)18(20(28)29-2)19-23-14-8-4-5-9-15(14)24-19/h3-10,12,27H,11H2,1-2H3,(H,23,24). The second kappa shape index (κ2) is 8.42. The summed E-state index contributed by atoms with van der Waals surface area (Å²) < 4.78 is 6.71. The summed E-state index contributed by atoms with van der Waals surface area (Å²) in [7, 11) is 1.26. The number of carbonyl (C=O) groups is 1. The maximum absolute atomic E-state index is 12.4. The number of para-hydroxylation sites is 3. The third kappa shape index (κ3) is 3.79. The highest BCUT2D eigenvalue weighted by Gasteiger charge is 2.23. The molecule has 0 aliphatic carbocycles. The lowest BCUT2D eigenvalue weighted by Crippen LogP contribution is -2.10. The minimum Gasteiger partial charge on any atom is -0.510 e. The molecule has 2 heterocycles. The van der Waals surface area contributed by atoms with Crippen molar-refractivity contribution in [2.75, 3.05) is 12.9 Å². The Labute approximate surface area is 176 Å². The number of thioether (sulfide) groups is 1. The van der Waals surface area contributed by atoms with Gasteiger partial charge in [0.05, 0.1) is 29.6 Å². The van der Waals surface area contributed by atoms with E-state index in [0.29, 0.717) is 10.7 Å².